The zero-order chi connectivity index (χ0) is 14.4. The molecule has 0 heterocycles. The molecule has 0 aromatic heterocycles. The number of anilines is 1. The Balaban J connectivity index is 2.84. The molecule has 1 aromatic carbocycles. The molecule has 6 heteroatoms. The Hall–Kier alpha value is -1.59. The van der Waals surface area contributed by atoms with Gasteiger partial charge >= 0.3 is 5.97 Å². The zero-order valence-corrected chi connectivity index (χ0v) is 11.6. The van der Waals surface area contributed by atoms with Crippen molar-refractivity contribution in [2.24, 2.45) is 0 Å². The summed E-state index contributed by atoms with van der Waals surface area (Å²) in [5.41, 5.74) is 0.476. The quantitative estimate of drug-likeness (QED) is 0.870. The van der Waals surface area contributed by atoms with Crippen LogP contribution in [-0.4, -0.2) is 36.2 Å². The number of halogens is 1. The summed E-state index contributed by atoms with van der Waals surface area (Å²) >= 11 is 5.76. The second-order valence-corrected chi connectivity index (χ2v) is 4.65. The van der Waals surface area contributed by atoms with Gasteiger partial charge in [-0.3, -0.25) is 14.5 Å². The van der Waals surface area contributed by atoms with Crippen molar-refractivity contribution in [1.82, 2.24) is 0 Å². The number of amides is 1. The largest absolute Gasteiger partial charge is 0.480 e. The summed E-state index contributed by atoms with van der Waals surface area (Å²) in [5.74, 6) is -1.49. The molecule has 0 fully saturated rings. The highest BCUT2D eigenvalue weighted by molar-refractivity contribution is 6.30. The van der Waals surface area contributed by atoms with E-state index < -0.39 is 18.4 Å². The van der Waals surface area contributed by atoms with Crippen LogP contribution in [0.5, 0.6) is 0 Å². The number of nitrogens with zero attached hydrogens (tertiary/aromatic N) is 1. The standard InChI is InChI=1S/C13H16ClNO4/c1-9(2)19-8-12(16)15(7-13(17)18)11-5-3-10(14)4-6-11/h3-6,9H,7-8H2,1-2H3,(H,17,18). The molecule has 5 nitrogen and oxygen atoms in total. The molecule has 1 N–H and O–H groups in total. The van der Waals surface area contributed by atoms with E-state index in [4.69, 9.17) is 21.4 Å². The van der Waals surface area contributed by atoms with Crippen molar-refractivity contribution in [1.29, 1.82) is 0 Å². The normalized spacial score (nSPS) is 10.5. The number of aliphatic carboxylic acids is 1. The SMILES string of the molecule is CC(C)OCC(=O)N(CC(=O)O)c1ccc(Cl)cc1. The van der Waals surface area contributed by atoms with Crippen LogP contribution in [0.2, 0.25) is 5.02 Å². The molecule has 0 unspecified atom stereocenters. The van der Waals surface area contributed by atoms with Crippen molar-refractivity contribution in [3.8, 4) is 0 Å². The van der Waals surface area contributed by atoms with Gasteiger partial charge in [0.2, 0.25) is 0 Å². The summed E-state index contributed by atoms with van der Waals surface area (Å²) < 4.78 is 5.20. The Morgan fingerprint density at radius 1 is 1.32 bits per heavy atom. The number of hydrogen-bond donors (Lipinski definition) is 1. The molecule has 1 amide bonds. The van der Waals surface area contributed by atoms with Gasteiger partial charge in [0.15, 0.2) is 0 Å². The maximum Gasteiger partial charge on any atom is 0.323 e. The monoisotopic (exact) mass is 285 g/mol. The summed E-state index contributed by atoms with van der Waals surface area (Å²) in [6.07, 6.45) is -0.0964. The van der Waals surface area contributed by atoms with Crippen LogP contribution in [-0.2, 0) is 14.3 Å². The number of carbonyl (C=O) groups is 2. The molecule has 0 radical (unpaired) electrons. The number of carboxylic acid groups (broad SMARTS) is 1. The van der Waals surface area contributed by atoms with Gasteiger partial charge < -0.3 is 9.84 Å². The van der Waals surface area contributed by atoms with E-state index in [0.717, 1.165) is 4.90 Å². The molecule has 0 saturated carbocycles. The van der Waals surface area contributed by atoms with Crippen LogP contribution in [0.3, 0.4) is 0 Å². The van der Waals surface area contributed by atoms with E-state index in [9.17, 15) is 9.59 Å². The molecule has 0 atom stereocenters. The Morgan fingerprint density at radius 2 is 1.89 bits per heavy atom. The Morgan fingerprint density at radius 3 is 2.37 bits per heavy atom. The van der Waals surface area contributed by atoms with Crippen LogP contribution in [0, 0.1) is 0 Å². The Kier molecular flexibility index (Phi) is 5.79. The van der Waals surface area contributed by atoms with Crippen molar-refractivity contribution in [2.75, 3.05) is 18.1 Å². The Labute approximate surface area is 116 Å². The molecule has 19 heavy (non-hydrogen) atoms. The van der Waals surface area contributed by atoms with Crippen LogP contribution in [0.15, 0.2) is 24.3 Å². The third-order valence-electron chi connectivity index (χ3n) is 2.27. The van der Waals surface area contributed by atoms with Gasteiger partial charge in [-0.15, -0.1) is 0 Å². The van der Waals surface area contributed by atoms with E-state index in [1.807, 2.05) is 0 Å². The van der Waals surface area contributed by atoms with Crippen LogP contribution in [0.25, 0.3) is 0 Å². The summed E-state index contributed by atoms with van der Waals surface area (Å²) in [6, 6.07) is 6.39. The predicted molar refractivity (Wildman–Crippen MR) is 72.5 cm³/mol. The summed E-state index contributed by atoms with van der Waals surface area (Å²) in [7, 11) is 0. The second kappa shape index (κ2) is 7.11. The van der Waals surface area contributed by atoms with Gasteiger partial charge in [0, 0.05) is 10.7 Å². The lowest BCUT2D eigenvalue weighted by molar-refractivity contribution is -0.137. The highest BCUT2D eigenvalue weighted by Crippen LogP contribution is 2.18. The predicted octanol–water partition coefficient (Wildman–Crippen LogP) is 2.18. The third-order valence-corrected chi connectivity index (χ3v) is 2.52. The summed E-state index contributed by atoms with van der Waals surface area (Å²) in [6.45, 7) is 3.03. The molecule has 0 bridgehead atoms. The average Bonchev–Trinajstić information content (AvgIpc) is 2.34. The number of rotatable bonds is 6. The Bertz CT molecular complexity index is 444. The van der Waals surface area contributed by atoms with Gasteiger partial charge in [-0.25, -0.2) is 0 Å². The first-order valence-corrected chi connectivity index (χ1v) is 6.17. The molecular formula is C13H16ClNO4. The van der Waals surface area contributed by atoms with E-state index in [1.165, 1.54) is 0 Å². The number of carboxylic acids is 1. The van der Waals surface area contributed by atoms with E-state index in [-0.39, 0.29) is 12.7 Å². The topological polar surface area (TPSA) is 66.8 Å². The van der Waals surface area contributed by atoms with Crippen LogP contribution in [0.4, 0.5) is 5.69 Å². The van der Waals surface area contributed by atoms with Crippen molar-refractivity contribution in [3.63, 3.8) is 0 Å². The molecule has 1 rings (SSSR count). The van der Waals surface area contributed by atoms with Crippen LogP contribution >= 0.6 is 11.6 Å². The number of hydrogen-bond acceptors (Lipinski definition) is 3. The van der Waals surface area contributed by atoms with Crippen molar-refractivity contribution < 1.29 is 19.4 Å². The molecule has 1 aromatic rings. The minimum atomic E-state index is -1.09. The van der Waals surface area contributed by atoms with Crippen molar-refractivity contribution >= 4 is 29.2 Å². The lowest BCUT2D eigenvalue weighted by Gasteiger charge is -2.21. The van der Waals surface area contributed by atoms with Crippen molar-refractivity contribution in [2.45, 2.75) is 20.0 Å². The zero-order valence-electron chi connectivity index (χ0n) is 10.8. The number of benzene rings is 1. The molecular weight excluding hydrogens is 270 g/mol. The van der Waals surface area contributed by atoms with Crippen LogP contribution < -0.4 is 4.90 Å². The fourth-order valence-electron chi connectivity index (χ4n) is 1.40. The fraction of sp³-hybridized carbons (Fsp3) is 0.385. The summed E-state index contributed by atoms with van der Waals surface area (Å²) in [4.78, 5) is 24.0. The molecule has 0 aliphatic heterocycles. The fourth-order valence-corrected chi connectivity index (χ4v) is 1.52. The van der Waals surface area contributed by atoms with Crippen molar-refractivity contribution in [3.05, 3.63) is 29.3 Å². The smallest absolute Gasteiger partial charge is 0.323 e. The lowest BCUT2D eigenvalue weighted by atomic mass is 10.2. The highest BCUT2D eigenvalue weighted by atomic mass is 35.5. The van der Waals surface area contributed by atoms with Gasteiger partial charge in [0.05, 0.1) is 6.10 Å². The first-order chi connectivity index (χ1) is 8.90. The lowest BCUT2D eigenvalue weighted by Crippen LogP contribution is -2.38. The third kappa shape index (κ3) is 5.28. The maximum absolute atomic E-state index is 12.0. The maximum atomic E-state index is 12.0. The van der Waals surface area contributed by atoms with E-state index >= 15 is 0 Å². The first kappa shape index (κ1) is 15.5. The minimum Gasteiger partial charge on any atom is -0.480 e. The number of ether oxygens (including phenoxy) is 1. The molecule has 0 saturated heterocycles. The van der Waals surface area contributed by atoms with Gasteiger partial charge in [0.1, 0.15) is 13.2 Å². The van der Waals surface area contributed by atoms with Gasteiger partial charge in [-0.2, -0.15) is 0 Å². The molecule has 0 aliphatic carbocycles. The second-order valence-electron chi connectivity index (χ2n) is 4.21. The number of carbonyl (C=O) groups excluding carboxylic acids is 1. The van der Waals surface area contributed by atoms with Gasteiger partial charge in [-0.1, -0.05) is 11.6 Å². The van der Waals surface area contributed by atoms with Gasteiger partial charge in [0.25, 0.3) is 5.91 Å². The summed E-state index contributed by atoms with van der Waals surface area (Å²) in [5, 5.41) is 9.38. The molecule has 0 spiro atoms. The average molecular weight is 286 g/mol. The van der Waals surface area contributed by atoms with Gasteiger partial charge in [-0.05, 0) is 38.1 Å². The van der Waals surface area contributed by atoms with E-state index in [0.29, 0.717) is 10.7 Å². The highest BCUT2D eigenvalue weighted by Gasteiger charge is 2.19. The van der Waals surface area contributed by atoms with E-state index in [2.05, 4.69) is 0 Å². The minimum absolute atomic E-state index is 0.0964. The van der Waals surface area contributed by atoms with Crippen LogP contribution in [0.1, 0.15) is 13.8 Å². The molecule has 0 aliphatic rings. The first-order valence-electron chi connectivity index (χ1n) is 5.79. The van der Waals surface area contributed by atoms with E-state index in [1.54, 1.807) is 38.1 Å². The molecule has 104 valence electrons.